The van der Waals surface area contributed by atoms with Gasteiger partial charge >= 0.3 is 0 Å². The van der Waals surface area contributed by atoms with E-state index >= 15 is 0 Å². The van der Waals surface area contributed by atoms with Crippen molar-refractivity contribution in [3.05, 3.63) is 48.9 Å². The van der Waals surface area contributed by atoms with Crippen molar-refractivity contribution < 1.29 is 4.39 Å². The van der Waals surface area contributed by atoms with Crippen LogP contribution in [0.4, 0.5) is 15.8 Å². The van der Waals surface area contributed by atoms with Crippen LogP contribution in [0.25, 0.3) is 10.9 Å². The van der Waals surface area contributed by atoms with Gasteiger partial charge in [-0.2, -0.15) is 0 Å². The molecule has 0 saturated carbocycles. The van der Waals surface area contributed by atoms with Gasteiger partial charge in [-0.15, -0.1) is 0 Å². The van der Waals surface area contributed by atoms with Gasteiger partial charge in [0.05, 0.1) is 17.5 Å². The Bertz CT molecular complexity index is 754. The molecule has 1 atom stereocenters. The first kappa shape index (κ1) is 13.4. The maximum Gasteiger partial charge on any atom is 0.150 e. The van der Waals surface area contributed by atoms with Gasteiger partial charge in [0.1, 0.15) is 0 Å². The minimum Gasteiger partial charge on any atom is -0.398 e. The number of nitrogen functional groups attached to an aromatic ring is 1. The number of hydrogen-bond acceptors (Lipinski definition) is 4. The predicted octanol–water partition coefficient (Wildman–Crippen LogP) is 2.65. The molecule has 3 N–H and O–H groups in total. The molecule has 2 heterocycles. The van der Waals surface area contributed by atoms with Crippen LogP contribution in [-0.2, 0) is 6.54 Å². The number of fused-ring (bicyclic) bond motifs is 1. The van der Waals surface area contributed by atoms with Gasteiger partial charge < -0.3 is 15.6 Å². The molecule has 0 radical (unpaired) electrons. The third-order valence-electron chi connectivity index (χ3n) is 3.31. The lowest BCUT2D eigenvalue weighted by molar-refractivity contribution is 0.601. The molecule has 0 aliphatic heterocycles. The monoisotopic (exact) mass is 285 g/mol. The zero-order chi connectivity index (χ0) is 14.8. The van der Waals surface area contributed by atoms with Gasteiger partial charge in [-0.1, -0.05) is 0 Å². The summed E-state index contributed by atoms with van der Waals surface area (Å²) in [5, 5.41) is 3.92. The normalized spacial score (nSPS) is 12.5. The summed E-state index contributed by atoms with van der Waals surface area (Å²) < 4.78 is 16.2. The molecule has 0 spiro atoms. The summed E-state index contributed by atoms with van der Waals surface area (Å²) in [6, 6.07) is 4.97. The Morgan fingerprint density at radius 3 is 3.05 bits per heavy atom. The SMILES string of the molecule is CC(Cn1ccnc1)Nc1c(F)cc(N)c2cccnc12. The highest BCUT2D eigenvalue weighted by Gasteiger charge is 2.14. The van der Waals surface area contributed by atoms with Crippen LogP contribution in [0.1, 0.15) is 6.92 Å². The van der Waals surface area contributed by atoms with Crippen LogP contribution in [0.15, 0.2) is 43.1 Å². The summed E-state index contributed by atoms with van der Waals surface area (Å²) in [7, 11) is 0. The first-order chi connectivity index (χ1) is 10.1. The molecule has 0 amide bonds. The largest absolute Gasteiger partial charge is 0.398 e. The summed E-state index contributed by atoms with van der Waals surface area (Å²) in [6.45, 7) is 2.66. The number of nitrogens with one attached hydrogen (secondary N) is 1. The minimum absolute atomic E-state index is 0.0162. The molecule has 5 nitrogen and oxygen atoms in total. The molecule has 3 rings (SSSR count). The summed E-state index contributed by atoms with van der Waals surface area (Å²) in [5.74, 6) is -0.392. The molecule has 0 saturated heterocycles. The quantitative estimate of drug-likeness (QED) is 0.723. The Kier molecular flexibility index (Phi) is 3.43. The number of imidazole rings is 1. The molecule has 108 valence electrons. The summed E-state index contributed by atoms with van der Waals surface area (Å²) in [4.78, 5) is 8.24. The van der Waals surface area contributed by atoms with Crippen LogP contribution in [0, 0.1) is 5.82 Å². The summed E-state index contributed by atoms with van der Waals surface area (Å²) in [6.07, 6.45) is 6.95. The van der Waals surface area contributed by atoms with Gasteiger partial charge in [0, 0.05) is 42.3 Å². The standard InChI is InChI=1S/C15H16FN5/c1-10(8-21-6-5-18-9-21)20-15-12(16)7-13(17)11-3-2-4-19-14(11)15/h2-7,9-10,20H,8,17H2,1H3. The van der Waals surface area contributed by atoms with E-state index in [1.54, 1.807) is 24.8 Å². The lowest BCUT2D eigenvalue weighted by Crippen LogP contribution is -2.22. The van der Waals surface area contributed by atoms with Crippen molar-refractivity contribution in [3.63, 3.8) is 0 Å². The van der Waals surface area contributed by atoms with E-state index < -0.39 is 5.82 Å². The molecular formula is C15H16FN5. The van der Waals surface area contributed by atoms with E-state index in [-0.39, 0.29) is 6.04 Å². The summed E-state index contributed by atoms with van der Waals surface area (Å²) >= 11 is 0. The third kappa shape index (κ3) is 2.65. The van der Waals surface area contributed by atoms with Crippen molar-refractivity contribution >= 4 is 22.3 Å². The topological polar surface area (TPSA) is 68.8 Å². The summed E-state index contributed by atoms with van der Waals surface area (Å²) in [5.41, 5.74) is 7.17. The highest BCUT2D eigenvalue weighted by atomic mass is 19.1. The van der Waals surface area contributed by atoms with E-state index in [1.807, 2.05) is 23.8 Å². The molecule has 0 aliphatic rings. The molecule has 6 heteroatoms. The maximum absolute atomic E-state index is 14.2. The van der Waals surface area contributed by atoms with Crippen molar-refractivity contribution in [2.24, 2.45) is 0 Å². The molecule has 0 bridgehead atoms. The van der Waals surface area contributed by atoms with Gasteiger partial charge in [0.2, 0.25) is 0 Å². The Labute approximate surface area is 121 Å². The van der Waals surface area contributed by atoms with E-state index in [9.17, 15) is 4.39 Å². The van der Waals surface area contributed by atoms with Gasteiger partial charge in [0.15, 0.2) is 5.82 Å². The molecule has 0 fully saturated rings. The van der Waals surface area contributed by atoms with E-state index in [0.717, 1.165) is 5.39 Å². The smallest absolute Gasteiger partial charge is 0.150 e. The van der Waals surface area contributed by atoms with E-state index in [1.165, 1.54) is 6.07 Å². The van der Waals surface area contributed by atoms with Gasteiger partial charge in [-0.25, -0.2) is 9.37 Å². The van der Waals surface area contributed by atoms with Crippen molar-refractivity contribution in [2.45, 2.75) is 19.5 Å². The lowest BCUT2D eigenvalue weighted by atomic mass is 10.1. The molecular weight excluding hydrogens is 269 g/mol. The third-order valence-corrected chi connectivity index (χ3v) is 3.31. The van der Waals surface area contributed by atoms with Crippen molar-refractivity contribution in [3.8, 4) is 0 Å². The number of benzene rings is 1. The average Bonchev–Trinajstić information content (AvgIpc) is 2.96. The number of pyridine rings is 1. The zero-order valence-electron chi connectivity index (χ0n) is 11.6. The molecule has 1 aromatic carbocycles. The zero-order valence-corrected chi connectivity index (χ0v) is 11.6. The van der Waals surface area contributed by atoms with Gasteiger partial charge in [0.25, 0.3) is 0 Å². The Morgan fingerprint density at radius 1 is 1.43 bits per heavy atom. The van der Waals surface area contributed by atoms with Crippen molar-refractivity contribution in [1.29, 1.82) is 0 Å². The van der Waals surface area contributed by atoms with Crippen LogP contribution < -0.4 is 11.1 Å². The van der Waals surface area contributed by atoms with Crippen LogP contribution in [0.3, 0.4) is 0 Å². The number of rotatable bonds is 4. The predicted molar refractivity (Wildman–Crippen MR) is 81.4 cm³/mol. The number of hydrogen-bond donors (Lipinski definition) is 2. The number of aromatic nitrogens is 3. The average molecular weight is 285 g/mol. The van der Waals surface area contributed by atoms with Gasteiger partial charge in [-0.3, -0.25) is 4.98 Å². The lowest BCUT2D eigenvalue weighted by Gasteiger charge is -2.18. The molecule has 2 aromatic heterocycles. The Morgan fingerprint density at radius 2 is 2.29 bits per heavy atom. The van der Waals surface area contributed by atoms with Crippen molar-refractivity contribution in [1.82, 2.24) is 14.5 Å². The highest BCUT2D eigenvalue weighted by molar-refractivity contribution is 5.98. The van der Waals surface area contributed by atoms with Crippen LogP contribution >= 0.6 is 0 Å². The first-order valence-electron chi connectivity index (χ1n) is 6.70. The number of nitrogens with zero attached hydrogens (tertiary/aromatic N) is 3. The molecule has 0 aliphatic carbocycles. The van der Waals surface area contributed by atoms with Crippen LogP contribution in [0.5, 0.6) is 0 Å². The first-order valence-corrected chi connectivity index (χ1v) is 6.70. The minimum atomic E-state index is -0.392. The second-order valence-electron chi connectivity index (χ2n) is 5.03. The second kappa shape index (κ2) is 5.40. The van der Waals surface area contributed by atoms with E-state index in [0.29, 0.717) is 23.4 Å². The van der Waals surface area contributed by atoms with Crippen LogP contribution in [-0.4, -0.2) is 20.6 Å². The van der Waals surface area contributed by atoms with Crippen molar-refractivity contribution in [2.75, 3.05) is 11.1 Å². The second-order valence-corrected chi connectivity index (χ2v) is 5.03. The number of anilines is 2. The molecule has 1 unspecified atom stereocenters. The fourth-order valence-corrected chi connectivity index (χ4v) is 2.38. The fourth-order valence-electron chi connectivity index (χ4n) is 2.38. The number of halogens is 1. The highest BCUT2D eigenvalue weighted by Crippen LogP contribution is 2.30. The molecule has 21 heavy (non-hydrogen) atoms. The fraction of sp³-hybridized carbons (Fsp3) is 0.200. The van der Waals surface area contributed by atoms with E-state index in [4.69, 9.17) is 5.73 Å². The van der Waals surface area contributed by atoms with Gasteiger partial charge in [-0.05, 0) is 25.1 Å². The Hall–Kier alpha value is -2.63. The Balaban J connectivity index is 1.93. The number of nitrogens with two attached hydrogens (primary N) is 1. The molecule has 3 aromatic rings. The maximum atomic E-state index is 14.2. The van der Waals surface area contributed by atoms with Crippen LogP contribution in [0.2, 0.25) is 0 Å². The van der Waals surface area contributed by atoms with E-state index in [2.05, 4.69) is 15.3 Å².